The molecule has 2 aromatic heterocycles. The highest BCUT2D eigenvalue weighted by Crippen LogP contribution is 2.87. The molecule has 0 radical (unpaired) electrons. The van der Waals surface area contributed by atoms with E-state index in [1.54, 1.807) is 12.1 Å². The van der Waals surface area contributed by atoms with Crippen LogP contribution < -0.4 is 29.2 Å². The first kappa shape index (κ1) is 30.5. The minimum Gasteiger partial charge on any atom is -0.433 e. The molecule has 1 aliphatic heterocycles. The van der Waals surface area contributed by atoms with Crippen molar-refractivity contribution in [3.8, 4) is 11.5 Å². The van der Waals surface area contributed by atoms with E-state index in [1.807, 2.05) is 109 Å². The molecule has 0 spiro atoms. The van der Waals surface area contributed by atoms with Gasteiger partial charge in [0.2, 0.25) is 0 Å². The lowest BCUT2D eigenvalue weighted by atomic mass is 10.1. The second-order valence-electron chi connectivity index (χ2n) is 11.2. The van der Waals surface area contributed by atoms with Gasteiger partial charge in [-0.15, -0.1) is 0 Å². The second kappa shape index (κ2) is 11.2. The Morgan fingerprint density at radius 1 is 0.543 bits per heavy atom. The Kier molecular flexibility index (Phi) is 7.45. The largest absolute Gasteiger partial charge is 0.433 e. The van der Waals surface area contributed by atoms with Gasteiger partial charge in [0.25, 0.3) is 0 Å². The molecule has 0 N–H and O–H groups in total. The second-order valence-corrected chi connectivity index (χ2v) is 18.6. The zero-order valence-electron chi connectivity index (χ0n) is 25.3. The Bertz CT molecular complexity index is 2210. The van der Waals surface area contributed by atoms with E-state index in [-0.39, 0.29) is 0 Å². The lowest BCUT2D eigenvalue weighted by molar-refractivity contribution is 0.550. The average Bonchev–Trinajstić information content (AvgIpc) is 2.98. The predicted molar refractivity (Wildman–Crippen MR) is 192 cm³/mol. The number of hydrogen-bond acceptors (Lipinski definition) is 8. The van der Waals surface area contributed by atoms with E-state index in [9.17, 15) is 9.59 Å². The van der Waals surface area contributed by atoms with Gasteiger partial charge >= 0.3 is 24.4 Å². The Balaban J connectivity index is 1.40. The normalized spacial score (nSPS) is 19.3. The Morgan fingerprint density at radius 2 is 0.913 bits per heavy atom. The fraction of sp³-hybridized carbons (Fsp3) is 0.118. The number of hydrogen-bond donors (Lipinski definition) is 0. The fourth-order valence-electron chi connectivity index (χ4n) is 5.51. The Morgan fingerprint density at radius 3 is 1.28 bits per heavy atom. The number of nitrogens with zero attached hydrogens (tertiary/aromatic N) is 2. The van der Waals surface area contributed by atoms with Crippen molar-refractivity contribution in [2.24, 2.45) is 0 Å². The molecule has 0 unspecified atom stereocenters. The minimum absolute atomic E-state index is 0.400. The third-order valence-corrected chi connectivity index (χ3v) is 18.3. The van der Waals surface area contributed by atoms with Gasteiger partial charge in [-0.05, 0) is 111 Å². The van der Waals surface area contributed by atoms with E-state index < -0.39 is 24.4 Å². The smallest absolute Gasteiger partial charge is 0.336 e. The maximum atomic E-state index is 12.2. The van der Waals surface area contributed by atoms with Crippen LogP contribution in [0.4, 0.5) is 11.4 Å². The van der Waals surface area contributed by atoms with Crippen molar-refractivity contribution in [3.05, 3.63) is 140 Å². The van der Waals surface area contributed by atoms with Gasteiger partial charge in [-0.2, -0.15) is 0 Å². The molecule has 0 atom stereocenters. The number of benzene rings is 4. The molecular weight excluding hydrogens is 658 g/mol. The van der Waals surface area contributed by atoms with Gasteiger partial charge in [0.15, 0.2) is 0 Å². The Hall–Kier alpha value is -4.20. The standard InChI is InChI=1S/C34H28N2O6P2S2/c1-21-5-9-25(10-6-21)35-43(45,41-27-13-15-29-23(3)17-33(37)39-31(29)19-27)36(26-11-7-22(2)8-12-26)44(35,46)42-28-14-16-30-24(4)18-34(38)40-32(30)20-28/h5-20H,1-4H3. The summed E-state index contributed by atoms with van der Waals surface area (Å²) in [5.74, 6) is 0.867. The zero-order chi connectivity index (χ0) is 32.4. The molecule has 7 rings (SSSR count). The van der Waals surface area contributed by atoms with E-state index in [2.05, 4.69) is 0 Å². The molecule has 232 valence electrons. The highest BCUT2D eigenvalue weighted by Gasteiger charge is 2.63. The summed E-state index contributed by atoms with van der Waals surface area (Å²) < 4.78 is 28.5. The molecule has 4 aromatic carbocycles. The third kappa shape index (κ3) is 5.16. The van der Waals surface area contributed by atoms with Crippen LogP contribution in [-0.2, 0) is 23.6 Å². The van der Waals surface area contributed by atoms with Crippen LogP contribution in [0.3, 0.4) is 0 Å². The maximum Gasteiger partial charge on any atom is 0.336 e. The molecule has 0 saturated carbocycles. The number of fused-ring (bicyclic) bond motifs is 2. The zero-order valence-corrected chi connectivity index (χ0v) is 28.7. The molecule has 1 aliphatic rings. The highest BCUT2D eigenvalue weighted by molar-refractivity contribution is 8.34. The van der Waals surface area contributed by atoms with Crippen LogP contribution in [-0.4, -0.2) is 0 Å². The molecule has 6 aromatic rings. The third-order valence-electron chi connectivity index (χ3n) is 7.78. The minimum atomic E-state index is -3.21. The summed E-state index contributed by atoms with van der Waals surface area (Å²) in [5.41, 5.74) is 5.18. The lowest BCUT2D eigenvalue weighted by Crippen LogP contribution is -2.46. The topological polar surface area (TPSA) is 85.4 Å². The van der Waals surface area contributed by atoms with Crippen molar-refractivity contribution in [1.29, 1.82) is 0 Å². The van der Waals surface area contributed by atoms with Gasteiger partial charge < -0.3 is 17.9 Å². The van der Waals surface area contributed by atoms with Crippen molar-refractivity contribution in [2.45, 2.75) is 27.7 Å². The van der Waals surface area contributed by atoms with Crippen LogP contribution in [0.1, 0.15) is 22.3 Å². The van der Waals surface area contributed by atoms with Crippen molar-refractivity contribution in [1.82, 2.24) is 0 Å². The fourth-order valence-corrected chi connectivity index (χ4v) is 17.8. The molecule has 8 nitrogen and oxygen atoms in total. The van der Waals surface area contributed by atoms with Gasteiger partial charge in [-0.3, -0.25) is 0 Å². The number of aryl methyl sites for hydroxylation is 4. The van der Waals surface area contributed by atoms with Crippen LogP contribution in [0.5, 0.6) is 11.5 Å². The lowest BCUT2D eigenvalue weighted by Gasteiger charge is -2.59. The monoisotopic (exact) mass is 686 g/mol. The highest BCUT2D eigenvalue weighted by atomic mass is 32.5. The van der Waals surface area contributed by atoms with Crippen LogP contribution in [0.25, 0.3) is 21.9 Å². The average molecular weight is 687 g/mol. The first-order valence-electron chi connectivity index (χ1n) is 14.4. The van der Waals surface area contributed by atoms with Gasteiger partial charge in [0.05, 0.1) is 11.4 Å². The summed E-state index contributed by atoms with van der Waals surface area (Å²) in [4.78, 5) is 24.4. The van der Waals surface area contributed by atoms with Crippen molar-refractivity contribution < 1.29 is 17.9 Å². The summed E-state index contributed by atoms with van der Waals surface area (Å²) in [6.45, 7) is 1.32. The van der Waals surface area contributed by atoms with Gasteiger partial charge in [0.1, 0.15) is 22.7 Å². The van der Waals surface area contributed by atoms with Crippen molar-refractivity contribution >= 4 is 70.1 Å². The quantitative estimate of drug-likeness (QED) is 0.125. The predicted octanol–water partition coefficient (Wildman–Crippen LogP) is 9.07. The molecule has 0 amide bonds. The molecule has 1 fully saturated rings. The molecule has 46 heavy (non-hydrogen) atoms. The van der Waals surface area contributed by atoms with Crippen LogP contribution >= 0.6 is 13.1 Å². The van der Waals surface area contributed by atoms with E-state index >= 15 is 0 Å². The van der Waals surface area contributed by atoms with Crippen LogP contribution in [0, 0.1) is 27.7 Å². The summed E-state index contributed by atoms with van der Waals surface area (Å²) in [7, 11) is 0. The Labute approximate surface area is 275 Å². The summed E-state index contributed by atoms with van der Waals surface area (Å²) >= 11 is 13.0. The van der Waals surface area contributed by atoms with Crippen molar-refractivity contribution in [2.75, 3.05) is 8.88 Å². The van der Waals surface area contributed by atoms with Gasteiger partial charge in [0, 0.05) is 35.0 Å². The summed E-state index contributed by atoms with van der Waals surface area (Å²) in [6, 6.07) is 29.5. The van der Waals surface area contributed by atoms with Gasteiger partial charge in [-0.1, -0.05) is 35.4 Å². The number of anilines is 2. The van der Waals surface area contributed by atoms with Crippen LogP contribution in [0.15, 0.2) is 115 Å². The first-order valence-corrected chi connectivity index (χ1v) is 19.6. The molecular formula is C34H28N2O6P2S2. The molecule has 12 heteroatoms. The SMILES string of the molecule is Cc1ccc(N2P(=S)(Oc3ccc4c(C)cc(=O)oc4c3)N(c3ccc(C)cc3)P2(=S)Oc2ccc3c(C)cc(=O)oc3c2)cc1. The van der Waals surface area contributed by atoms with E-state index in [1.165, 1.54) is 12.1 Å². The van der Waals surface area contributed by atoms with E-state index in [0.717, 1.165) is 44.4 Å². The van der Waals surface area contributed by atoms with Gasteiger partial charge in [-0.25, -0.2) is 18.5 Å². The van der Waals surface area contributed by atoms with E-state index in [0.29, 0.717) is 22.7 Å². The van der Waals surface area contributed by atoms with E-state index in [4.69, 9.17) is 41.5 Å². The van der Waals surface area contributed by atoms with Crippen molar-refractivity contribution in [3.63, 3.8) is 0 Å². The summed E-state index contributed by atoms with van der Waals surface area (Å²) in [5, 5.41) is 1.60. The number of rotatable bonds is 6. The summed E-state index contributed by atoms with van der Waals surface area (Å²) in [6.07, 6.45) is 0. The van der Waals surface area contributed by atoms with Crippen LogP contribution in [0.2, 0.25) is 0 Å². The molecule has 0 aliphatic carbocycles. The molecule has 0 bridgehead atoms. The maximum absolute atomic E-state index is 12.2. The first-order chi connectivity index (χ1) is 21.9. The molecule has 3 heterocycles. The molecule has 1 saturated heterocycles.